The lowest BCUT2D eigenvalue weighted by atomic mass is 10.1. The molecule has 4 rings (SSSR count). The standard InChI is InChI=1S/C22H14ClFN2O2/c23-16-9-5-15(6-10-16)21(28)22-25-18-3-1-2-4-19(18)26(22)13-20(27)14-7-11-17(24)12-8-14/h1-12H,13H2. The van der Waals surface area contributed by atoms with E-state index in [-0.39, 0.29) is 23.9 Å². The summed E-state index contributed by atoms with van der Waals surface area (Å²) in [6, 6.07) is 19.1. The largest absolute Gasteiger partial charge is 0.313 e. The summed E-state index contributed by atoms with van der Waals surface area (Å²) in [6.45, 7) is -0.0825. The minimum atomic E-state index is -0.414. The summed E-state index contributed by atoms with van der Waals surface area (Å²) in [5.41, 5.74) is 2.08. The molecule has 4 nitrogen and oxygen atoms in total. The molecule has 0 amide bonds. The third-order valence-corrected chi connectivity index (χ3v) is 4.68. The van der Waals surface area contributed by atoms with Crippen molar-refractivity contribution in [3.63, 3.8) is 0 Å². The molecule has 138 valence electrons. The second-order valence-electron chi connectivity index (χ2n) is 6.28. The topological polar surface area (TPSA) is 52.0 Å². The van der Waals surface area contributed by atoms with E-state index in [9.17, 15) is 14.0 Å². The van der Waals surface area contributed by atoms with E-state index in [0.717, 1.165) is 0 Å². The van der Waals surface area contributed by atoms with Crippen molar-refractivity contribution < 1.29 is 14.0 Å². The van der Waals surface area contributed by atoms with Crippen molar-refractivity contribution in [1.82, 2.24) is 9.55 Å². The number of nitrogens with zero attached hydrogens (tertiary/aromatic N) is 2. The quantitative estimate of drug-likeness (QED) is 0.452. The van der Waals surface area contributed by atoms with Crippen LogP contribution < -0.4 is 0 Å². The van der Waals surface area contributed by atoms with Crippen LogP contribution in [0.25, 0.3) is 11.0 Å². The summed E-state index contributed by atoms with van der Waals surface area (Å²) in [5.74, 6) is -0.796. The van der Waals surface area contributed by atoms with Crippen LogP contribution in [0.2, 0.25) is 5.02 Å². The molecule has 0 saturated heterocycles. The molecule has 0 saturated carbocycles. The van der Waals surface area contributed by atoms with Gasteiger partial charge >= 0.3 is 0 Å². The molecule has 0 radical (unpaired) electrons. The first-order valence-electron chi connectivity index (χ1n) is 8.57. The molecule has 0 spiro atoms. The molecular formula is C22H14ClFN2O2. The molecule has 0 aliphatic rings. The van der Waals surface area contributed by atoms with Crippen LogP contribution in [0.5, 0.6) is 0 Å². The lowest BCUT2D eigenvalue weighted by Gasteiger charge is -2.08. The Labute approximate surface area is 165 Å². The second kappa shape index (κ2) is 7.37. The van der Waals surface area contributed by atoms with Crippen LogP contribution >= 0.6 is 11.6 Å². The van der Waals surface area contributed by atoms with Crippen LogP contribution in [0.3, 0.4) is 0 Å². The highest BCUT2D eigenvalue weighted by Gasteiger charge is 2.21. The molecule has 0 unspecified atom stereocenters. The Bertz CT molecular complexity index is 1180. The van der Waals surface area contributed by atoms with Crippen molar-refractivity contribution >= 4 is 34.2 Å². The first-order valence-corrected chi connectivity index (χ1v) is 8.95. The Morgan fingerprint density at radius 1 is 0.893 bits per heavy atom. The molecule has 1 aromatic heterocycles. The maximum absolute atomic E-state index is 13.1. The molecule has 0 aliphatic heterocycles. The number of hydrogen-bond donors (Lipinski definition) is 0. The number of imidazole rings is 1. The predicted molar refractivity (Wildman–Crippen MR) is 105 cm³/mol. The van der Waals surface area contributed by atoms with Crippen LogP contribution in [-0.2, 0) is 6.54 Å². The van der Waals surface area contributed by atoms with Crippen LogP contribution in [0.4, 0.5) is 4.39 Å². The van der Waals surface area contributed by atoms with Crippen LogP contribution in [-0.4, -0.2) is 21.1 Å². The molecule has 0 aliphatic carbocycles. The van der Waals surface area contributed by atoms with Crippen molar-refractivity contribution in [1.29, 1.82) is 0 Å². The number of fused-ring (bicyclic) bond motifs is 1. The zero-order valence-corrected chi connectivity index (χ0v) is 15.4. The number of Topliss-reactive ketones (excluding diaryl/α,β-unsaturated/α-hetero) is 1. The fourth-order valence-electron chi connectivity index (χ4n) is 3.01. The highest BCUT2D eigenvalue weighted by molar-refractivity contribution is 6.30. The summed E-state index contributed by atoms with van der Waals surface area (Å²) in [5, 5.41) is 0.525. The lowest BCUT2D eigenvalue weighted by Crippen LogP contribution is -2.17. The van der Waals surface area contributed by atoms with Gasteiger partial charge in [0, 0.05) is 16.1 Å². The Kier molecular flexibility index (Phi) is 4.75. The van der Waals surface area contributed by atoms with Gasteiger partial charge in [0.1, 0.15) is 5.82 Å². The Morgan fingerprint density at radius 3 is 2.25 bits per heavy atom. The third kappa shape index (κ3) is 3.44. The van der Waals surface area contributed by atoms with Crippen LogP contribution in [0.15, 0.2) is 72.8 Å². The van der Waals surface area contributed by atoms with Gasteiger partial charge in [-0.05, 0) is 60.7 Å². The van der Waals surface area contributed by atoms with E-state index >= 15 is 0 Å². The number of para-hydroxylation sites is 2. The van der Waals surface area contributed by atoms with E-state index in [2.05, 4.69) is 4.98 Å². The molecule has 0 fully saturated rings. The normalized spacial score (nSPS) is 10.9. The molecule has 6 heteroatoms. The number of aromatic nitrogens is 2. The van der Waals surface area contributed by atoms with E-state index in [4.69, 9.17) is 11.6 Å². The van der Waals surface area contributed by atoms with Gasteiger partial charge in [-0.3, -0.25) is 9.59 Å². The highest BCUT2D eigenvalue weighted by Crippen LogP contribution is 2.20. The SMILES string of the molecule is O=C(Cn1c(C(=O)c2ccc(Cl)cc2)nc2ccccc21)c1ccc(F)cc1. The number of halogens is 2. The highest BCUT2D eigenvalue weighted by atomic mass is 35.5. The second-order valence-corrected chi connectivity index (χ2v) is 6.71. The number of rotatable bonds is 5. The monoisotopic (exact) mass is 392 g/mol. The van der Waals surface area contributed by atoms with Gasteiger partial charge in [-0.1, -0.05) is 23.7 Å². The van der Waals surface area contributed by atoms with Gasteiger partial charge in [0.05, 0.1) is 17.6 Å². The Morgan fingerprint density at radius 2 is 1.54 bits per heavy atom. The predicted octanol–water partition coefficient (Wildman–Crippen LogP) is 4.94. The van der Waals surface area contributed by atoms with Gasteiger partial charge in [-0.15, -0.1) is 0 Å². The zero-order valence-electron chi connectivity index (χ0n) is 14.6. The first-order chi connectivity index (χ1) is 13.5. The van der Waals surface area contributed by atoms with Gasteiger partial charge in [0.25, 0.3) is 0 Å². The maximum atomic E-state index is 13.1. The van der Waals surface area contributed by atoms with Gasteiger partial charge in [0.15, 0.2) is 11.6 Å². The van der Waals surface area contributed by atoms with Crippen molar-refractivity contribution in [2.75, 3.05) is 0 Å². The number of benzene rings is 3. The molecule has 0 bridgehead atoms. The van der Waals surface area contributed by atoms with Crippen molar-refractivity contribution in [2.45, 2.75) is 6.54 Å². The summed E-state index contributed by atoms with van der Waals surface area (Å²) in [7, 11) is 0. The van der Waals surface area contributed by atoms with Gasteiger partial charge in [-0.25, -0.2) is 9.37 Å². The van der Waals surface area contributed by atoms with Gasteiger partial charge < -0.3 is 4.57 Å². The molecule has 0 N–H and O–H groups in total. The van der Waals surface area contributed by atoms with Gasteiger partial charge in [-0.2, -0.15) is 0 Å². The minimum absolute atomic E-state index is 0.0825. The van der Waals surface area contributed by atoms with Crippen molar-refractivity contribution in [3.8, 4) is 0 Å². The van der Waals surface area contributed by atoms with Crippen molar-refractivity contribution in [3.05, 3.63) is 101 Å². The molecule has 3 aromatic carbocycles. The number of carbonyl (C=O) groups excluding carboxylic acids is 2. The van der Waals surface area contributed by atoms with E-state index in [1.54, 1.807) is 41.0 Å². The fraction of sp³-hybridized carbons (Fsp3) is 0.0455. The van der Waals surface area contributed by atoms with E-state index in [1.807, 2.05) is 12.1 Å². The Balaban J connectivity index is 1.77. The zero-order chi connectivity index (χ0) is 19.7. The smallest absolute Gasteiger partial charge is 0.228 e. The summed E-state index contributed by atoms with van der Waals surface area (Å²) in [6.07, 6.45) is 0. The number of hydrogen-bond acceptors (Lipinski definition) is 3. The number of carbonyl (C=O) groups is 2. The lowest BCUT2D eigenvalue weighted by molar-refractivity contribution is 0.0968. The fourth-order valence-corrected chi connectivity index (χ4v) is 3.14. The summed E-state index contributed by atoms with van der Waals surface area (Å²) in [4.78, 5) is 30.2. The average Bonchev–Trinajstić information content (AvgIpc) is 3.07. The molecule has 28 heavy (non-hydrogen) atoms. The average molecular weight is 393 g/mol. The van der Waals surface area contributed by atoms with Crippen LogP contribution in [0, 0.1) is 5.82 Å². The first kappa shape index (κ1) is 18.1. The molecule has 1 heterocycles. The number of ketones is 2. The van der Waals surface area contributed by atoms with E-state index in [1.165, 1.54) is 24.3 Å². The van der Waals surface area contributed by atoms with Gasteiger partial charge in [0.2, 0.25) is 5.78 Å². The van der Waals surface area contributed by atoms with Crippen molar-refractivity contribution in [2.24, 2.45) is 0 Å². The van der Waals surface area contributed by atoms with E-state index < -0.39 is 5.82 Å². The molecular weight excluding hydrogens is 379 g/mol. The molecule has 0 atom stereocenters. The molecule has 4 aromatic rings. The summed E-state index contributed by atoms with van der Waals surface area (Å²) >= 11 is 5.90. The minimum Gasteiger partial charge on any atom is -0.313 e. The van der Waals surface area contributed by atoms with E-state index in [0.29, 0.717) is 27.2 Å². The summed E-state index contributed by atoms with van der Waals surface area (Å²) < 4.78 is 14.7. The maximum Gasteiger partial charge on any atom is 0.228 e. The Hall–Kier alpha value is -3.31. The van der Waals surface area contributed by atoms with Crippen LogP contribution in [0.1, 0.15) is 26.5 Å². The third-order valence-electron chi connectivity index (χ3n) is 4.43.